The van der Waals surface area contributed by atoms with E-state index >= 15 is 0 Å². The Labute approximate surface area is 116 Å². The normalized spacial score (nSPS) is 40.3. The molecule has 110 valence electrons. The average molecular weight is 268 g/mol. The number of hydrogen-bond acceptors (Lipinski definition) is 4. The number of piperidine rings is 1. The predicted octanol–water partition coefficient (Wildman–Crippen LogP) is 1.65. The van der Waals surface area contributed by atoms with Crippen molar-refractivity contribution >= 4 is 5.97 Å². The zero-order chi connectivity index (χ0) is 14.0. The summed E-state index contributed by atoms with van der Waals surface area (Å²) in [4.78, 5) is 14.6. The lowest BCUT2D eigenvalue weighted by Crippen LogP contribution is -2.51. The molecule has 1 saturated carbocycles. The summed E-state index contributed by atoms with van der Waals surface area (Å²) in [5.74, 6) is 1.44. The van der Waals surface area contributed by atoms with Crippen molar-refractivity contribution in [3.8, 4) is 0 Å². The number of nitrogens with one attached hydrogen (secondary N) is 1. The molecule has 0 aromatic rings. The number of methoxy groups -OCH3 is 1. The average Bonchev–Trinajstić information content (AvgIpc) is 2.82. The lowest BCUT2D eigenvalue weighted by atomic mass is 9.90. The van der Waals surface area contributed by atoms with Crippen molar-refractivity contribution in [1.82, 2.24) is 10.2 Å². The number of ether oxygens (including phenoxy) is 1. The van der Waals surface area contributed by atoms with Gasteiger partial charge in [-0.2, -0.15) is 0 Å². The highest BCUT2D eigenvalue weighted by Gasteiger charge is 2.47. The van der Waals surface area contributed by atoms with Crippen LogP contribution in [-0.4, -0.2) is 49.7 Å². The van der Waals surface area contributed by atoms with Crippen LogP contribution in [0.3, 0.4) is 0 Å². The number of likely N-dealkylation sites (N-methyl/N-ethyl adjacent to an activating group) is 1. The van der Waals surface area contributed by atoms with Crippen molar-refractivity contribution < 1.29 is 9.53 Å². The summed E-state index contributed by atoms with van der Waals surface area (Å²) < 4.78 is 4.99. The molecule has 1 N–H and O–H groups in total. The van der Waals surface area contributed by atoms with Crippen molar-refractivity contribution in [3.05, 3.63) is 0 Å². The summed E-state index contributed by atoms with van der Waals surface area (Å²) >= 11 is 0. The van der Waals surface area contributed by atoms with E-state index in [0.29, 0.717) is 6.04 Å². The van der Waals surface area contributed by atoms with Gasteiger partial charge in [0.05, 0.1) is 7.11 Å². The predicted molar refractivity (Wildman–Crippen MR) is 76.0 cm³/mol. The standard InChI is InChI=1S/C15H28N2O2/c1-11-7-12(2)10-17(9-11)13-5-6-15(8-13,16-3)14(18)19-4/h11-13,16H,5-10H2,1-4H3. The van der Waals surface area contributed by atoms with E-state index in [1.807, 2.05) is 7.05 Å². The molecule has 4 atom stereocenters. The van der Waals surface area contributed by atoms with Gasteiger partial charge in [0.15, 0.2) is 0 Å². The van der Waals surface area contributed by atoms with E-state index in [1.54, 1.807) is 0 Å². The molecule has 0 spiro atoms. The van der Waals surface area contributed by atoms with Crippen LogP contribution in [0.15, 0.2) is 0 Å². The van der Waals surface area contributed by atoms with E-state index in [9.17, 15) is 4.79 Å². The fraction of sp³-hybridized carbons (Fsp3) is 0.933. The Morgan fingerprint density at radius 3 is 2.47 bits per heavy atom. The SMILES string of the molecule is CNC1(C(=O)OC)CCC(N2CC(C)CC(C)C2)C1. The van der Waals surface area contributed by atoms with Gasteiger partial charge >= 0.3 is 5.97 Å². The van der Waals surface area contributed by atoms with Gasteiger partial charge in [-0.05, 0) is 44.6 Å². The minimum absolute atomic E-state index is 0.101. The Hall–Kier alpha value is -0.610. The van der Waals surface area contributed by atoms with Crippen LogP contribution in [0.2, 0.25) is 0 Å². The largest absolute Gasteiger partial charge is 0.468 e. The lowest BCUT2D eigenvalue weighted by molar-refractivity contribution is -0.148. The third-order valence-electron chi connectivity index (χ3n) is 4.96. The van der Waals surface area contributed by atoms with Gasteiger partial charge in [-0.1, -0.05) is 13.8 Å². The van der Waals surface area contributed by atoms with Crippen LogP contribution in [0.4, 0.5) is 0 Å². The molecule has 0 bridgehead atoms. The molecule has 0 aromatic carbocycles. The van der Waals surface area contributed by atoms with Crippen molar-refractivity contribution in [2.24, 2.45) is 11.8 Å². The van der Waals surface area contributed by atoms with Crippen molar-refractivity contribution in [1.29, 1.82) is 0 Å². The van der Waals surface area contributed by atoms with E-state index in [-0.39, 0.29) is 5.97 Å². The number of carbonyl (C=O) groups excluding carboxylic acids is 1. The van der Waals surface area contributed by atoms with Crippen LogP contribution < -0.4 is 5.32 Å². The minimum Gasteiger partial charge on any atom is -0.468 e. The van der Waals surface area contributed by atoms with Gasteiger partial charge in [-0.3, -0.25) is 9.69 Å². The summed E-state index contributed by atoms with van der Waals surface area (Å²) in [6.45, 7) is 7.03. The fourth-order valence-electron chi connectivity index (χ4n) is 4.05. The second-order valence-electron chi connectivity index (χ2n) is 6.62. The highest BCUT2D eigenvalue weighted by Crippen LogP contribution is 2.36. The lowest BCUT2D eigenvalue weighted by Gasteiger charge is -2.39. The number of esters is 1. The van der Waals surface area contributed by atoms with Crippen LogP contribution in [0, 0.1) is 11.8 Å². The van der Waals surface area contributed by atoms with Crippen molar-refractivity contribution in [3.63, 3.8) is 0 Å². The van der Waals surface area contributed by atoms with Gasteiger partial charge in [0.2, 0.25) is 0 Å². The number of rotatable bonds is 3. The van der Waals surface area contributed by atoms with E-state index in [2.05, 4.69) is 24.1 Å². The first-order valence-electron chi connectivity index (χ1n) is 7.52. The first-order valence-corrected chi connectivity index (χ1v) is 7.52. The maximum absolute atomic E-state index is 12.0. The van der Waals surface area contributed by atoms with Crippen LogP contribution in [-0.2, 0) is 9.53 Å². The maximum Gasteiger partial charge on any atom is 0.326 e. The van der Waals surface area contributed by atoms with E-state index < -0.39 is 5.54 Å². The second-order valence-corrected chi connectivity index (χ2v) is 6.62. The Balaban J connectivity index is 2.02. The topological polar surface area (TPSA) is 41.6 Å². The highest BCUT2D eigenvalue weighted by atomic mass is 16.5. The van der Waals surface area contributed by atoms with Crippen molar-refractivity contribution in [2.75, 3.05) is 27.2 Å². The maximum atomic E-state index is 12.0. The summed E-state index contributed by atoms with van der Waals surface area (Å²) in [7, 11) is 3.36. The molecule has 2 aliphatic rings. The smallest absolute Gasteiger partial charge is 0.326 e. The second kappa shape index (κ2) is 5.80. The molecule has 0 radical (unpaired) electrons. The van der Waals surface area contributed by atoms with Crippen LogP contribution >= 0.6 is 0 Å². The molecular weight excluding hydrogens is 240 g/mol. The third kappa shape index (κ3) is 2.95. The summed E-state index contributed by atoms with van der Waals surface area (Å²) in [5, 5.41) is 3.22. The Bertz CT molecular complexity index is 324. The molecule has 0 amide bonds. The Morgan fingerprint density at radius 1 is 1.32 bits per heavy atom. The zero-order valence-corrected chi connectivity index (χ0v) is 12.7. The molecule has 4 heteroatoms. The highest BCUT2D eigenvalue weighted by molar-refractivity contribution is 5.81. The Kier molecular flexibility index (Phi) is 4.51. The van der Waals surface area contributed by atoms with Crippen LogP contribution in [0.25, 0.3) is 0 Å². The monoisotopic (exact) mass is 268 g/mol. The van der Waals surface area contributed by atoms with Crippen LogP contribution in [0.5, 0.6) is 0 Å². The van der Waals surface area contributed by atoms with Gasteiger partial charge < -0.3 is 10.1 Å². The first kappa shape index (κ1) is 14.8. The first-order chi connectivity index (χ1) is 9.00. The molecule has 4 unspecified atom stereocenters. The van der Waals surface area contributed by atoms with Gasteiger partial charge in [-0.25, -0.2) is 0 Å². The van der Waals surface area contributed by atoms with E-state index in [1.165, 1.54) is 26.6 Å². The third-order valence-corrected chi connectivity index (χ3v) is 4.96. The molecule has 2 rings (SSSR count). The number of nitrogens with zero attached hydrogens (tertiary/aromatic N) is 1. The molecule has 1 aliphatic heterocycles. The number of hydrogen-bond donors (Lipinski definition) is 1. The summed E-state index contributed by atoms with van der Waals surface area (Å²) in [6.07, 6.45) is 4.20. The molecular formula is C15H28N2O2. The van der Waals surface area contributed by atoms with Crippen LogP contribution in [0.1, 0.15) is 39.5 Å². The molecule has 19 heavy (non-hydrogen) atoms. The van der Waals surface area contributed by atoms with E-state index in [4.69, 9.17) is 4.74 Å². The Morgan fingerprint density at radius 2 is 1.95 bits per heavy atom. The van der Waals surface area contributed by atoms with Gasteiger partial charge in [0.1, 0.15) is 5.54 Å². The van der Waals surface area contributed by atoms with E-state index in [0.717, 1.165) is 31.1 Å². The quantitative estimate of drug-likeness (QED) is 0.790. The molecule has 2 fully saturated rings. The molecule has 4 nitrogen and oxygen atoms in total. The van der Waals surface area contributed by atoms with Gasteiger partial charge in [-0.15, -0.1) is 0 Å². The summed E-state index contributed by atoms with van der Waals surface area (Å²) in [5.41, 5.74) is -0.455. The molecule has 1 saturated heterocycles. The molecule has 1 heterocycles. The molecule has 1 aliphatic carbocycles. The summed E-state index contributed by atoms with van der Waals surface area (Å²) in [6, 6.07) is 0.525. The molecule has 0 aromatic heterocycles. The van der Waals surface area contributed by atoms with Gasteiger partial charge in [0.25, 0.3) is 0 Å². The van der Waals surface area contributed by atoms with Crippen molar-refractivity contribution in [2.45, 2.75) is 51.1 Å². The zero-order valence-electron chi connectivity index (χ0n) is 12.7. The number of carbonyl (C=O) groups is 1. The minimum atomic E-state index is -0.455. The number of likely N-dealkylation sites (tertiary alicyclic amines) is 1. The van der Waals surface area contributed by atoms with Gasteiger partial charge in [0, 0.05) is 19.1 Å². The fourth-order valence-corrected chi connectivity index (χ4v) is 4.05.